The summed E-state index contributed by atoms with van der Waals surface area (Å²) in [4.78, 5) is 40.4. The Labute approximate surface area is 151 Å². The van der Waals surface area contributed by atoms with Gasteiger partial charge in [-0.1, -0.05) is 41.1 Å². The smallest absolute Gasteiger partial charge is 0.324 e. The highest BCUT2D eigenvalue weighted by Gasteiger charge is 2.23. The van der Waals surface area contributed by atoms with Crippen LogP contribution in [0.3, 0.4) is 0 Å². The zero-order chi connectivity index (χ0) is 18.0. The van der Waals surface area contributed by atoms with Crippen LogP contribution in [-0.4, -0.2) is 15.5 Å². The summed E-state index contributed by atoms with van der Waals surface area (Å²) < 4.78 is 1.80. The van der Waals surface area contributed by atoms with E-state index >= 15 is 0 Å². The number of para-hydroxylation sites is 1. The Bertz CT molecular complexity index is 1060. The maximum Gasteiger partial charge on any atom is 0.329 e. The van der Waals surface area contributed by atoms with E-state index in [0.717, 1.165) is 9.04 Å². The normalized spacial score (nSPS) is 12.1. The van der Waals surface area contributed by atoms with Crippen molar-refractivity contribution in [1.29, 1.82) is 0 Å². The summed E-state index contributed by atoms with van der Waals surface area (Å²) in [5.41, 5.74) is -0.0328. The summed E-state index contributed by atoms with van der Waals surface area (Å²) in [6.07, 6.45) is 0.307. The molecule has 0 aliphatic rings. The van der Waals surface area contributed by atoms with Crippen LogP contribution in [0.4, 0.5) is 5.69 Å². The molecule has 0 aliphatic heterocycles. The van der Waals surface area contributed by atoms with E-state index in [1.54, 1.807) is 49.4 Å². The number of rotatable bonds is 4. The lowest BCUT2D eigenvalue weighted by Crippen LogP contribution is -2.42. The predicted molar refractivity (Wildman–Crippen MR) is 101 cm³/mol. The first-order valence-corrected chi connectivity index (χ1v) is 8.60. The van der Waals surface area contributed by atoms with Crippen molar-refractivity contribution in [2.24, 2.45) is 0 Å². The maximum atomic E-state index is 12.7. The molecule has 0 bridgehead atoms. The van der Waals surface area contributed by atoms with Gasteiger partial charge in [0.2, 0.25) is 5.91 Å². The first kappa shape index (κ1) is 17.2. The Hall–Kier alpha value is -2.67. The van der Waals surface area contributed by atoms with Gasteiger partial charge in [-0.15, -0.1) is 0 Å². The molecule has 0 radical (unpaired) electrons. The highest BCUT2D eigenvalue weighted by Crippen LogP contribution is 2.18. The lowest BCUT2D eigenvalue weighted by Gasteiger charge is -2.17. The monoisotopic (exact) mass is 401 g/mol. The van der Waals surface area contributed by atoms with Crippen molar-refractivity contribution >= 4 is 38.4 Å². The van der Waals surface area contributed by atoms with Crippen LogP contribution < -0.4 is 16.6 Å². The molecule has 2 N–H and O–H groups in total. The lowest BCUT2D eigenvalue weighted by atomic mass is 10.1. The fourth-order valence-electron chi connectivity index (χ4n) is 2.74. The zero-order valence-electron chi connectivity index (χ0n) is 13.5. The third kappa shape index (κ3) is 3.41. The highest BCUT2D eigenvalue weighted by molar-refractivity contribution is 9.10. The maximum absolute atomic E-state index is 12.7. The van der Waals surface area contributed by atoms with E-state index in [9.17, 15) is 14.4 Å². The molecule has 0 unspecified atom stereocenters. The molecule has 1 aromatic heterocycles. The van der Waals surface area contributed by atoms with Gasteiger partial charge in [-0.05, 0) is 36.8 Å². The van der Waals surface area contributed by atoms with Gasteiger partial charge in [0, 0.05) is 10.2 Å². The molecule has 7 heteroatoms. The Morgan fingerprint density at radius 2 is 1.96 bits per heavy atom. The van der Waals surface area contributed by atoms with Crippen LogP contribution in [0.25, 0.3) is 10.9 Å². The molecule has 3 aromatic rings. The minimum atomic E-state index is -0.903. The number of amides is 1. The van der Waals surface area contributed by atoms with Gasteiger partial charge in [-0.3, -0.25) is 9.59 Å². The Kier molecular flexibility index (Phi) is 4.85. The van der Waals surface area contributed by atoms with Crippen molar-refractivity contribution in [3.05, 3.63) is 73.8 Å². The van der Waals surface area contributed by atoms with E-state index in [0.29, 0.717) is 23.0 Å². The third-order valence-electron chi connectivity index (χ3n) is 3.93. The SMILES string of the molecule is CC[C@@H](C(=O)Nc1cccc(Br)c1)n1c(=O)[nH]c2ccccc2c1=O. The van der Waals surface area contributed by atoms with Gasteiger partial charge in [-0.2, -0.15) is 0 Å². The van der Waals surface area contributed by atoms with Crippen molar-refractivity contribution in [3.63, 3.8) is 0 Å². The van der Waals surface area contributed by atoms with Crippen LogP contribution in [0.2, 0.25) is 0 Å². The van der Waals surface area contributed by atoms with Crippen molar-refractivity contribution in [2.45, 2.75) is 19.4 Å². The zero-order valence-corrected chi connectivity index (χ0v) is 15.0. The molecule has 0 spiro atoms. The Balaban J connectivity index is 2.03. The number of aromatic nitrogens is 2. The average molecular weight is 402 g/mol. The molecule has 128 valence electrons. The summed E-state index contributed by atoms with van der Waals surface area (Å²) in [7, 11) is 0. The highest BCUT2D eigenvalue weighted by atomic mass is 79.9. The molecule has 1 amide bonds. The van der Waals surface area contributed by atoms with Gasteiger partial charge < -0.3 is 10.3 Å². The van der Waals surface area contributed by atoms with Crippen LogP contribution in [-0.2, 0) is 4.79 Å². The van der Waals surface area contributed by atoms with Crippen LogP contribution in [0.15, 0.2) is 62.6 Å². The van der Waals surface area contributed by atoms with E-state index in [1.165, 1.54) is 0 Å². The van der Waals surface area contributed by atoms with E-state index < -0.39 is 23.2 Å². The number of aromatic amines is 1. The number of anilines is 1. The number of H-pyrrole nitrogens is 1. The number of carbonyl (C=O) groups excluding carboxylic acids is 1. The third-order valence-corrected chi connectivity index (χ3v) is 4.42. The van der Waals surface area contributed by atoms with Crippen molar-refractivity contribution in [1.82, 2.24) is 9.55 Å². The van der Waals surface area contributed by atoms with Crippen LogP contribution in [0.1, 0.15) is 19.4 Å². The number of hydrogen-bond donors (Lipinski definition) is 2. The predicted octanol–water partition coefficient (Wildman–Crippen LogP) is 3.04. The fraction of sp³-hybridized carbons (Fsp3) is 0.167. The van der Waals surface area contributed by atoms with Gasteiger partial charge in [0.1, 0.15) is 6.04 Å². The standard InChI is InChI=1S/C18H16BrN3O3/c1-2-15(16(23)20-12-7-5-6-11(19)10-12)22-17(24)13-8-3-4-9-14(13)21-18(22)25/h3-10,15H,2H2,1H3,(H,20,23)(H,21,25)/t15-/m0/s1. The molecule has 0 fully saturated rings. The van der Waals surface area contributed by atoms with Crippen LogP contribution in [0.5, 0.6) is 0 Å². The van der Waals surface area contributed by atoms with Gasteiger partial charge in [0.05, 0.1) is 10.9 Å². The van der Waals surface area contributed by atoms with Gasteiger partial charge in [0.15, 0.2) is 0 Å². The summed E-state index contributed by atoms with van der Waals surface area (Å²) in [5.74, 6) is -0.413. The molecular formula is C18H16BrN3O3. The second kappa shape index (κ2) is 7.06. The number of carbonyl (C=O) groups is 1. The molecule has 1 atom stereocenters. The minimum Gasteiger partial charge on any atom is -0.324 e. The number of benzene rings is 2. The number of nitrogens with zero attached hydrogens (tertiary/aromatic N) is 1. The molecular weight excluding hydrogens is 386 g/mol. The minimum absolute atomic E-state index is 0.307. The number of fused-ring (bicyclic) bond motifs is 1. The largest absolute Gasteiger partial charge is 0.329 e. The fourth-order valence-corrected chi connectivity index (χ4v) is 3.14. The molecule has 0 saturated carbocycles. The van der Waals surface area contributed by atoms with E-state index in [2.05, 4.69) is 26.2 Å². The summed E-state index contributed by atoms with van der Waals surface area (Å²) >= 11 is 3.34. The molecule has 25 heavy (non-hydrogen) atoms. The first-order valence-electron chi connectivity index (χ1n) is 7.81. The summed E-state index contributed by atoms with van der Waals surface area (Å²) in [5, 5.41) is 3.12. The van der Waals surface area contributed by atoms with Crippen molar-refractivity contribution in [3.8, 4) is 0 Å². The van der Waals surface area contributed by atoms with Crippen LogP contribution >= 0.6 is 15.9 Å². The van der Waals surface area contributed by atoms with E-state index in [-0.39, 0.29) is 0 Å². The number of nitrogens with one attached hydrogen (secondary N) is 2. The molecule has 0 saturated heterocycles. The lowest BCUT2D eigenvalue weighted by molar-refractivity contribution is -0.119. The molecule has 1 heterocycles. The number of halogens is 1. The second-order valence-electron chi connectivity index (χ2n) is 5.57. The van der Waals surface area contributed by atoms with E-state index in [1.807, 2.05) is 6.07 Å². The first-order chi connectivity index (χ1) is 12.0. The topological polar surface area (TPSA) is 84.0 Å². The second-order valence-corrected chi connectivity index (χ2v) is 6.49. The quantitative estimate of drug-likeness (QED) is 0.704. The average Bonchev–Trinajstić information content (AvgIpc) is 2.58. The van der Waals surface area contributed by atoms with Gasteiger partial charge in [0.25, 0.3) is 5.56 Å². The van der Waals surface area contributed by atoms with Crippen molar-refractivity contribution in [2.75, 3.05) is 5.32 Å². The van der Waals surface area contributed by atoms with Crippen molar-refractivity contribution < 1.29 is 4.79 Å². The summed E-state index contributed by atoms with van der Waals surface area (Å²) in [6, 6.07) is 12.9. The Morgan fingerprint density at radius 1 is 1.20 bits per heavy atom. The Morgan fingerprint density at radius 3 is 2.68 bits per heavy atom. The van der Waals surface area contributed by atoms with Crippen LogP contribution in [0, 0.1) is 0 Å². The molecule has 6 nitrogen and oxygen atoms in total. The van der Waals surface area contributed by atoms with Gasteiger partial charge >= 0.3 is 5.69 Å². The van der Waals surface area contributed by atoms with E-state index in [4.69, 9.17) is 0 Å². The molecule has 0 aliphatic carbocycles. The van der Waals surface area contributed by atoms with Gasteiger partial charge in [-0.25, -0.2) is 9.36 Å². The molecule has 3 rings (SSSR count). The molecule has 2 aromatic carbocycles. The number of hydrogen-bond acceptors (Lipinski definition) is 3. The summed E-state index contributed by atoms with van der Waals surface area (Å²) in [6.45, 7) is 1.76.